The summed E-state index contributed by atoms with van der Waals surface area (Å²) in [5.74, 6) is 0.828. The van der Waals surface area contributed by atoms with Crippen molar-refractivity contribution < 1.29 is 0 Å². The van der Waals surface area contributed by atoms with E-state index < -0.39 is 0 Å². The summed E-state index contributed by atoms with van der Waals surface area (Å²) in [5.41, 5.74) is 6.28. The Morgan fingerprint density at radius 1 is 1.62 bits per heavy atom. The van der Waals surface area contributed by atoms with Gasteiger partial charge in [0.2, 0.25) is 0 Å². The molecule has 0 bridgehead atoms. The summed E-state index contributed by atoms with van der Waals surface area (Å²) in [6.07, 6.45) is 3.84. The third-order valence-corrected chi connectivity index (χ3v) is 4.85. The average molecular weight is 238 g/mol. The molecule has 0 saturated heterocycles. The van der Waals surface area contributed by atoms with Gasteiger partial charge in [0.05, 0.1) is 0 Å². The Balaban J connectivity index is 2.04. The molecule has 16 heavy (non-hydrogen) atoms. The molecule has 0 amide bonds. The third kappa shape index (κ3) is 2.31. The normalized spacial score (nSPS) is 30.1. The van der Waals surface area contributed by atoms with Crippen molar-refractivity contribution in [2.45, 2.75) is 38.3 Å². The van der Waals surface area contributed by atoms with Crippen molar-refractivity contribution in [2.24, 2.45) is 11.7 Å². The maximum absolute atomic E-state index is 6.02. The molecule has 1 heterocycles. The fourth-order valence-electron chi connectivity index (χ4n) is 2.86. The SMILES string of the molecule is CC1CCC(CN)(N(C)Cc2cccs2)C1. The maximum Gasteiger partial charge on any atom is 0.0335 e. The Morgan fingerprint density at radius 2 is 2.44 bits per heavy atom. The summed E-state index contributed by atoms with van der Waals surface area (Å²) in [6.45, 7) is 4.18. The fraction of sp³-hybridized carbons (Fsp3) is 0.692. The molecule has 2 rings (SSSR count). The van der Waals surface area contributed by atoms with Gasteiger partial charge >= 0.3 is 0 Å². The Hall–Kier alpha value is -0.380. The van der Waals surface area contributed by atoms with Crippen LogP contribution in [-0.2, 0) is 6.54 Å². The van der Waals surface area contributed by atoms with Gasteiger partial charge in [0.25, 0.3) is 0 Å². The van der Waals surface area contributed by atoms with Gasteiger partial charge in [-0.15, -0.1) is 11.3 Å². The van der Waals surface area contributed by atoms with Gasteiger partial charge in [-0.05, 0) is 43.7 Å². The average Bonchev–Trinajstić information content (AvgIpc) is 2.88. The van der Waals surface area contributed by atoms with Crippen molar-refractivity contribution in [3.8, 4) is 0 Å². The highest BCUT2D eigenvalue weighted by atomic mass is 32.1. The topological polar surface area (TPSA) is 29.3 Å². The second-order valence-electron chi connectivity index (χ2n) is 5.21. The molecule has 1 aromatic heterocycles. The molecule has 0 aromatic carbocycles. The lowest BCUT2D eigenvalue weighted by Crippen LogP contribution is -2.49. The van der Waals surface area contributed by atoms with E-state index in [9.17, 15) is 0 Å². The van der Waals surface area contributed by atoms with Crippen molar-refractivity contribution >= 4 is 11.3 Å². The van der Waals surface area contributed by atoms with Gasteiger partial charge in [0, 0.05) is 23.5 Å². The summed E-state index contributed by atoms with van der Waals surface area (Å²) in [5, 5.41) is 2.15. The Bertz CT molecular complexity index is 323. The minimum Gasteiger partial charge on any atom is -0.329 e. The molecule has 3 heteroatoms. The van der Waals surface area contributed by atoms with E-state index in [0.717, 1.165) is 19.0 Å². The molecule has 2 nitrogen and oxygen atoms in total. The molecule has 0 aliphatic heterocycles. The van der Waals surface area contributed by atoms with Gasteiger partial charge in [-0.2, -0.15) is 0 Å². The van der Waals surface area contributed by atoms with E-state index in [2.05, 4.69) is 36.4 Å². The molecular formula is C13H22N2S. The van der Waals surface area contributed by atoms with Gasteiger partial charge in [0.1, 0.15) is 0 Å². The fourth-order valence-corrected chi connectivity index (χ4v) is 3.62. The van der Waals surface area contributed by atoms with Gasteiger partial charge in [-0.3, -0.25) is 4.90 Å². The zero-order valence-corrected chi connectivity index (χ0v) is 11.1. The predicted octanol–water partition coefficient (Wildman–Crippen LogP) is 2.70. The number of nitrogens with zero attached hydrogens (tertiary/aromatic N) is 1. The van der Waals surface area contributed by atoms with E-state index in [0.29, 0.717) is 0 Å². The molecule has 90 valence electrons. The summed E-state index contributed by atoms with van der Waals surface area (Å²) < 4.78 is 0. The van der Waals surface area contributed by atoms with Gasteiger partial charge < -0.3 is 5.73 Å². The molecule has 1 saturated carbocycles. The molecule has 2 unspecified atom stereocenters. The van der Waals surface area contributed by atoms with Crippen LogP contribution in [-0.4, -0.2) is 24.0 Å². The molecule has 1 aliphatic carbocycles. The van der Waals surface area contributed by atoms with Crippen molar-refractivity contribution in [1.29, 1.82) is 0 Å². The standard InChI is InChI=1S/C13H22N2S/c1-11-5-6-13(8-11,10-14)15(2)9-12-4-3-7-16-12/h3-4,7,11H,5-6,8-10,14H2,1-2H3. The zero-order valence-electron chi connectivity index (χ0n) is 10.3. The van der Waals surface area contributed by atoms with Crippen LogP contribution in [0.3, 0.4) is 0 Å². The van der Waals surface area contributed by atoms with Crippen LogP contribution >= 0.6 is 11.3 Å². The highest BCUT2D eigenvalue weighted by Crippen LogP contribution is 2.38. The molecule has 2 atom stereocenters. The van der Waals surface area contributed by atoms with Crippen LogP contribution in [0.2, 0.25) is 0 Å². The Kier molecular flexibility index (Phi) is 3.67. The van der Waals surface area contributed by atoms with Crippen molar-refractivity contribution in [3.05, 3.63) is 22.4 Å². The molecule has 0 radical (unpaired) electrons. The van der Waals surface area contributed by atoms with Crippen LogP contribution in [0.4, 0.5) is 0 Å². The van der Waals surface area contributed by atoms with Gasteiger partial charge in [-0.1, -0.05) is 13.0 Å². The van der Waals surface area contributed by atoms with E-state index in [-0.39, 0.29) is 5.54 Å². The Morgan fingerprint density at radius 3 is 2.94 bits per heavy atom. The minimum atomic E-state index is 0.253. The molecule has 1 fully saturated rings. The number of thiophene rings is 1. The highest BCUT2D eigenvalue weighted by Gasteiger charge is 2.39. The van der Waals surface area contributed by atoms with Crippen LogP contribution in [0.5, 0.6) is 0 Å². The lowest BCUT2D eigenvalue weighted by atomic mass is 9.94. The summed E-state index contributed by atoms with van der Waals surface area (Å²) in [7, 11) is 2.23. The molecule has 1 aromatic rings. The van der Waals surface area contributed by atoms with Crippen LogP contribution in [0.15, 0.2) is 17.5 Å². The minimum absolute atomic E-state index is 0.253. The first-order chi connectivity index (χ1) is 7.66. The molecule has 1 aliphatic rings. The second kappa shape index (κ2) is 4.86. The smallest absolute Gasteiger partial charge is 0.0335 e. The molecule has 0 spiro atoms. The van der Waals surface area contributed by atoms with Crippen LogP contribution in [0, 0.1) is 5.92 Å². The number of likely N-dealkylation sites (N-methyl/N-ethyl adjacent to an activating group) is 1. The highest BCUT2D eigenvalue weighted by molar-refractivity contribution is 7.09. The molecule has 2 N–H and O–H groups in total. The van der Waals surface area contributed by atoms with E-state index in [1.165, 1.54) is 24.1 Å². The van der Waals surface area contributed by atoms with Crippen molar-refractivity contribution in [3.63, 3.8) is 0 Å². The predicted molar refractivity (Wildman–Crippen MR) is 70.6 cm³/mol. The summed E-state index contributed by atoms with van der Waals surface area (Å²) in [4.78, 5) is 3.91. The van der Waals surface area contributed by atoms with Crippen molar-refractivity contribution in [1.82, 2.24) is 4.90 Å². The first-order valence-corrected chi connectivity index (χ1v) is 6.98. The van der Waals surface area contributed by atoms with Crippen molar-refractivity contribution in [2.75, 3.05) is 13.6 Å². The largest absolute Gasteiger partial charge is 0.329 e. The second-order valence-corrected chi connectivity index (χ2v) is 6.24. The van der Waals surface area contributed by atoms with Crippen LogP contribution in [0.25, 0.3) is 0 Å². The number of nitrogens with two attached hydrogens (primary N) is 1. The van der Waals surface area contributed by atoms with Gasteiger partial charge in [0.15, 0.2) is 0 Å². The van der Waals surface area contributed by atoms with Crippen LogP contribution in [0.1, 0.15) is 31.1 Å². The van der Waals surface area contributed by atoms with E-state index in [1.54, 1.807) is 0 Å². The lowest BCUT2D eigenvalue weighted by molar-refractivity contribution is 0.121. The lowest BCUT2D eigenvalue weighted by Gasteiger charge is -2.38. The number of hydrogen-bond donors (Lipinski definition) is 1. The van der Waals surface area contributed by atoms with E-state index in [4.69, 9.17) is 5.73 Å². The first kappa shape index (κ1) is 12.1. The quantitative estimate of drug-likeness (QED) is 0.874. The van der Waals surface area contributed by atoms with Crippen LogP contribution < -0.4 is 5.73 Å². The first-order valence-electron chi connectivity index (χ1n) is 6.10. The maximum atomic E-state index is 6.02. The van der Waals surface area contributed by atoms with Gasteiger partial charge in [-0.25, -0.2) is 0 Å². The zero-order chi connectivity index (χ0) is 11.6. The van der Waals surface area contributed by atoms with E-state index in [1.807, 2.05) is 11.3 Å². The monoisotopic (exact) mass is 238 g/mol. The van der Waals surface area contributed by atoms with E-state index >= 15 is 0 Å². The number of rotatable bonds is 4. The summed E-state index contributed by atoms with van der Waals surface area (Å²) in [6, 6.07) is 4.34. The Labute approximate surface area is 102 Å². The molecular weight excluding hydrogens is 216 g/mol. The summed E-state index contributed by atoms with van der Waals surface area (Å²) >= 11 is 1.84. The number of hydrogen-bond acceptors (Lipinski definition) is 3. The third-order valence-electron chi connectivity index (χ3n) is 3.99.